The second kappa shape index (κ2) is 3.52. The third-order valence-electron chi connectivity index (χ3n) is 2.81. The van der Waals surface area contributed by atoms with Crippen LogP contribution in [0.5, 0.6) is 5.75 Å². The van der Waals surface area contributed by atoms with Gasteiger partial charge >= 0.3 is 0 Å². The first kappa shape index (κ1) is 9.73. The van der Waals surface area contributed by atoms with Gasteiger partial charge in [0.2, 0.25) is 0 Å². The number of hydrogen-bond donors (Lipinski definition) is 0. The van der Waals surface area contributed by atoms with Gasteiger partial charge in [-0.2, -0.15) is 0 Å². The van der Waals surface area contributed by atoms with Crippen LogP contribution in [-0.4, -0.2) is 23.9 Å². The molecular formula is C12H11ClN2O. The van der Waals surface area contributed by atoms with Crippen LogP contribution >= 0.6 is 11.6 Å². The number of halogens is 1. The summed E-state index contributed by atoms with van der Waals surface area (Å²) in [5.41, 5.74) is 2.08. The van der Waals surface area contributed by atoms with Gasteiger partial charge in [0.05, 0.1) is 17.1 Å². The first-order valence-electron chi connectivity index (χ1n) is 5.17. The molecule has 1 aromatic heterocycles. The molecule has 82 valence electrons. The lowest BCUT2D eigenvalue weighted by molar-refractivity contribution is 0.331. The summed E-state index contributed by atoms with van der Waals surface area (Å²) in [7, 11) is 1.98. The van der Waals surface area contributed by atoms with Crippen molar-refractivity contribution < 1.29 is 4.74 Å². The summed E-state index contributed by atoms with van der Waals surface area (Å²) < 4.78 is 7.64. The van der Waals surface area contributed by atoms with Crippen molar-refractivity contribution >= 4 is 28.7 Å². The van der Waals surface area contributed by atoms with Gasteiger partial charge in [0.15, 0.2) is 0 Å². The predicted octanol–water partition coefficient (Wildman–Crippen LogP) is 2.64. The standard InChI is InChI=1S/C12H11ClN2O/c1-15-7-9(13)12-8-6-14-4-5-16-11(8)3-2-10(12)15/h2-3,6-7H,4-5H2,1H3. The molecule has 0 unspecified atom stereocenters. The van der Waals surface area contributed by atoms with Crippen LogP contribution in [0.2, 0.25) is 5.02 Å². The number of hydrogen-bond acceptors (Lipinski definition) is 2. The Bertz CT molecular complexity index is 586. The van der Waals surface area contributed by atoms with E-state index in [1.165, 1.54) is 0 Å². The van der Waals surface area contributed by atoms with Gasteiger partial charge in [-0.1, -0.05) is 11.6 Å². The second-order valence-electron chi connectivity index (χ2n) is 3.84. The summed E-state index contributed by atoms with van der Waals surface area (Å²) in [6, 6.07) is 4.00. The predicted molar refractivity (Wildman–Crippen MR) is 65.9 cm³/mol. The normalized spacial score (nSPS) is 14.6. The summed E-state index contributed by atoms with van der Waals surface area (Å²) in [5, 5.41) is 1.76. The minimum atomic E-state index is 0.624. The van der Waals surface area contributed by atoms with Gasteiger partial charge in [-0.05, 0) is 12.1 Å². The highest BCUT2D eigenvalue weighted by molar-refractivity contribution is 6.36. The van der Waals surface area contributed by atoms with Crippen molar-refractivity contribution in [2.75, 3.05) is 13.2 Å². The van der Waals surface area contributed by atoms with E-state index in [1.807, 2.05) is 36.2 Å². The van der Waals surface area contributed by atoms with Crippen molar-refractivity contribution in [2.24, 2.45) is 12.0 Å². The quantitative estimate of drug-likeness (QED) is 0.688. The number of aryl methyl sites for hydroxylation is 1. The first-order chi connectivity index (χ1) is 7.77. The van der Waals surface area contributed by atoms with Crippen LogP contribution in [-0.2, 0) is 7.05 Å². The molecule has 1 aliphatic heterocycles. The molecule has 0 amide bonds. The highest BCUT2D eigenvalue weighted by atomic mass is 35.5. The zero-order chi connectivity index (χ0) is 11.1. The fraction of sp³-hybridized carbons (Fsp3) is 0.250. The molecule has 0 radical (unpaired) electrons. The van der Waals surface area contributed by atoms with Crippen LogP contribution in [0.4, 0.5) is 0 Å². The van der Waals surface area contributed by atoms with Crippen LogP contribution in [0.3, 0.4) is 0 Å². The molecule has 3 nitrogen and oxygen atoms in total. The second-order valence-corrected chi connectivity index (χ2v) is 4.25. The van der Waals surface area contributed by atoms with Crippen LogP contribution in [0, 0.1) is 0 Å². The Morgan fingerprint density at radius 3 is 3.19 bits per heavy atom. The number of aromatic nitrogens is 1. The fourth-order valence-electron chi connectivity index (χ4n) is 2.06. The molecule has 3 rings (SSSR count). The lowest BCUT2D eigenvalue weighted by Gasteiger charge is -2.07. The minimum absolute atomic E-state index is 0.624. The Balaban J connectivity index is 2.41. The van der Waals surface area contributed by atoms with Gasteiger partial charge in [0, 0.05) is 30.4 Å². The molecule has 0 saturated carbocycles. The Morgan fingerprint density at radius 1 is 1.44 bits per heavy atom. The van der Waals surface area contributed by atoms with Gasteiger partial charge in [0.1, 0.15) is 12.4 Å². The summed E-state index contributed by atoms with van der Waals surface area (Å²) in [4.78, 5) is 4.29. The molecule has 0 fully saturated rings. The van der Waals surface area contributed by atoms with Crippen molar-refractivity contribution in [1.82, 2.24) is 4.57 Å². The zero-order valence-electron chi connectivity index (χ0n) is 8.90. The molecule has 0 saturated heterocycles. The van der Waals surface area contributed by atoms with Crippen molar-refractivity contribution in [1.29, 1.82) is 0 Å². The summed E-state index contributed by atoms with van der Waals surface area (Å²) in [6.07, 6.45) is 3.77. The monoisotopic (exact) mass is 234 g/mol. The molecule has 0 atom stereocenters. The van der Waals surface area contributed by atoms with E-state index in [9.17, 15) is 0 Å². The van der Waals surface area contributed by atoms with E-state index in [2.05, 4.69) is 4.99 Å². The average Bonchev–Trinajstić information content (AvgIpc) is 2.49. The van der Waals surface area contributed by atoms with Crippen LogP contribution in [0.15, 0.2) is 23.3 Å². The van der Waals surface area contributed by atoms with E-state index >= 15 is 0 Å². The Morgan fingerprint density at radius 2 is 2.31 bits per heavy atom. The Labute approximate surface area is 98.3 Å². The molecule has 4 heteroatoms. The maximum atomic E-state index is 6.23. The molecule has 0 spiro atoms. The number of aliphatic imine (C=N–C) groups is 1. The topological polar surface area (TPSA) is 26.5 Å². The third-order valence-corrected chi connectivity index (χ3v) is 3.09. The first-order valence-corrected chi connectivity index (χ1v) is 5.55. The largest absolute Gasteiger partial charge is 0.491 e. The number of fused-ring (bicyclic) bond motifs is 3. The van der Waals surface area contributed by atoms with Crippen LogP contribution in [0.1, 0.15) is 5.56 Å². The average molecular weight is 235 g/mol. The maximum Gasteiger partial charge on any atom is 0.128 e. The SMILES string of the molecule is Cn1cc(Cl)c2c3c(ccc21)OCCN=C3. The molecule has 2 heterocycles. The molecule has 16 heavy (non-hydrogen) atoms. The van der Waals surface area contributed by atoms with Gasteiger partial charge in [0.25, 0.3) is 0 Å². The highest BCUT2D eigenvalue weighted by Crippen LogP contribution is 2.33. The zero-order valence-corrected chi connectivity index (χ0v) is 9.66. The Hall–Kier alpha value is -1.48. The molecule has 0 aliphatic carbocycles. The molecule has 0 N–H and O–H groups in total. The number of rotatable bonds is 0. The minimum Gasteiger partial charge on any atom is -0.491 e. The van der Waals surface area contributed by atoms with E-state index in [1.54, 1.807) is 0 Å². The van der Waals surface area contributed by atoms with E-state index < -0.39 is 0 Å². The molecule has 2 aromatic rings. The number of nitrogens with zero attached hydrogens (tertiary/aromatic N) is 2. The summed E-state index contributed by atoms with van der Waals surface area (Å²) in [5.74, 6) is 0.863. The van der Waals surface area contributed by atoms with E-state index in [0.717, 1.165) is 27.2 Å². The fourth-order valence-corrected chi connectivity index (χ4v) is 2.40. The molecule has 0 bridgehead atoms. The van der Waals surface area contributed by atoms with Crippen molar-refractivity contribution in [3.05, 3.63) is 28.9 Å². The van der Waals surface area contributed by atoms with Crippen LogP contribution in [0.25, 0.3) is 10.9 Å². The molecule has 1 aromatic carbocycles. The third kappa shape index (κ3) is 1.32. The maximum absolute atomic E-state index is 6.23. The van der Waals surface area contributed by atoms with Gasteiger partial charge in [-0.15, -0.1) is 0 Å². The molecular weight excluding hydrogens is 224 g/mol. The van der Waals surface area contributed by atoms with Gasteiger partial charge in [-0.3, -0.25) is 4.99 Å². The summed E-state index contributed by atoms with van der Waals surface area (Å²) in [6.45, 7) is 1.32. The molecule has 1 aliphatic rings. The van der Waals surface area contributed by atoms with Crippen molar-refractivity contribution in [3.63, 3.8) is 0 Å². The van der Waals surface area contributed by atoms with E-state index in [4.69, 9.17) is 16.3 Å². The van der Waals surface area contributed by atoms with E-state index in [0.29, 0.717) is 13.2 Å². The van der Waals surface area contributed by atoms with Gasteiger partial charge < -0.3 is 9.30 Å². The number of ether oxygens (including phenoxy) is 1. The van der Waals surface area contributed by atoms with Crippen molar-refractivity contribution in [3.8, 4) is 5.75 Å². The van der Waals surface area contributed by atoms with Crippen molar-refractivity contribution in [2.45, 2.75) is 0 Å². The summed E-state index contributed by atoms with van der Waals surface area (Å²) >= 11 is 6.23. The lowest BCUT2D eigenvalue weighted by atomic mass is 10.1. The Kier molecular flexibility index (Phi) is 2.14. The van der Waals surface area contributed by atoms with Gasteiger partial charge in [-0.25, -0.2) is 0 Å². The lowest BCUT2D eigenvalue weighted by Crippen LogP contribution is -1.99. The highest BCUT2D eigenvalue weighted by Gasteiger charge is 2.14. The van der Waals surface area contributed by atoms with Crippen LogP contribution < -0.4 is 4.74 Å². The number of benzene rings is 1. The smallest absolute Gasteiger partial charge is 0.128 e. The van der Waals surface area contributed by atoms with E-state index in [-0.39, 0.29) is 0 Å².